The van der Waals surface area contributed by atoms with Gasteiger partial charge in [-0.3, -0.25) is 14.4 Å². The predicted octanol–water partition coefficient (Wildman–Crippen LogP) is 1.70. The molecular formula is C16H18N4O4S. The van der Waals surface area contributed by atoms with E-state index in [1.54, 1.807) is 38.1 Å². The largest absolute Gasteiger partial charge is 0.366 e. The zero-order chi connectivity index (χ0) is 18.4. The molecule has 0 saturated carbocycles. The maximum absolute atomic E-state index is 12.0. The van der Waals surface area contributed by atoms with E-state index in [0.717, 1.165) is 11.8 Å². The lowest BCUT2D eigenvalue weighted by Gasteiger charge is -2.10. The highest BCUT2D eigenvalue weighted by Crippen LogP contribution is 2.19. The summed E-state index contributed by atoms with van der Waals surface area (Å²) in [5.41, 5.74) is 6.76. The Morgan fingerprint density at radius 2 is 1.84 bits per heavy atom. The highest BCUT2D eigenvalue weighted by atomic mass is 32.2. The molecule has 0 fully saturated rings. The predicted molar refractivity (Wildman–Crippen MR) is 95.5 cm³/mol. The monoisotopic (exact) mass is 362 g/mol. The van der Waals surface area contributed by atoms with Crippen LogP contribution < -0.4 is 16.4 Å². The number of aromatic nitrogens is 1. The van der Waals surface area contributed by atoms with Gasteiger partial charge in [0.05, 0.1) is 11.5 Å². The Morgan fingerprint density at radius 1 is 1.16 bits per heavy atom. The summed E-state index contributed by atoms with van der Waals surface area (Å²) in [7, 11) is 0. The summed E-state index contributed by atoms with van der Waals surface area (Å²) in [6.45, 7) is 3.42. The lowest BCUT2D eigenvalue weighted by atomic mass is 10.1. The average molecular weight is 362 g/mol. The number of nitrogens with one attached hydrogen (secondary N) is 2. The second-order valence-corrected chi connectivity index (χ2v) is 6.24. The maximum atomic E-state index is 12.0. The fourth-order valence-corrected chi connectivity index (χ4v) is 2.68. The summed E-state index contributed by atoms with van der Waals surface area (Å²) in [6, 6.07) is 6.52. The molecule has 2 rings (SSSR count). The fraction of sp³-hybridized carbons (Fsp3) is 0.250. The number of carbonyl (C=O) groups is 3. The molecular weight excluding hydrogens is 344 g/mol. The van der Waals surface area contributed by atoms with E-state index in [9.17, 15) is 14.4 Å². The first-order chi connectivity index (χ1) is 11.9. The number of rotatable bonds is 7. The molecule has 0 radical (unpaired) electrons. The van der Waals surface area contributed by atoms with Gasteiger partial charge in [-0.05, 0) is 31.5 Å². The number of carbonyl (C=O) groups excluding carboxylic acids is 3. The van der Waals surface area contributed by atoms with E-state index in [0.29, 0.717) is 28.4 Å². The maximum Gasteiger partial charge on any atom is 0.249 e. The first-order valence-corrected chi connectivity index (χ1v) is 8.52. The molecule has 0 aliphatic heterocycles. The van der Waals surface area contributed by atoms with E-state index < -0.39 is 5.91 Å². The Kier molecular flexibility index (Phi) is 6.18. The molecule has 2 aromatic rings. The van der Waals surface area contributed by atoms with Crippen LogP contribution in [-0.2, 0) is 9.59 Å². The van der Waals surface area contributed by atoms with Crippen molar-refractivity contribution in [1.29, 1.82) is 0 Å². The van der Waals surface area contributed by atoms with Gasteiger partial charge >= 0.3 is 0 Å². The Balaban J connectivity index is 1.80. The normalized spacial score (nSPS) is 10.3. The third-order valence-corrected chi connectivity index (χ3v) is 4.17. The Morgan fingerprint density at radius 3 is 2.44 bits per heavy atom. The van der Waals surface area contributed by atoms with E-state index in [-0.39, 0.29) is 23.3 Å². The fourth-order valence-electron chi connectivity index (χ4n) is 2.06. The number of hydrogen-bond acceptors (Lipinski definition) is 6. The first kappa shape index (κ1) is 18.5. The van der Waals surface area contributed by atoms with Crippen molar-refractivity contribution in [2.75, 3.05) is 22.1 Å². The van der Waals surface area contributed by atoms with Crippen molar-refractivity contribution in [3.05, 3.63) is 41.2 Å². The Bertz CT molecular complexity index is 803. The van der Waals surface area contributed by atoms with E-state index in [1.807, 2.05) is 0 Å². The van der Waals surface area contributed by atoms with Crippen LogP contribution in [0.1, 0.15) is 21.7 Å². The van der Waals surface area contributed by atoms with Gasteiger partial charge in [-0.1, -0.05) is 11.2 Å². The van der Waals surface area contributed by atoms with Crippen LogP contribution in [0.2, 0.25) is 0 Å². The second kappa shape index (κ2) is 8.34. The molecule has 0 bridgehead atoms. The number of nitrogens with zero attached hydrogens (tertiary/aromatic N) is 1. The number of anilines is 2. The van der Waals surface area contributed by atoms with Crippen molar-refractivity contribution < 1.29 is 18.9 Å². The van der Waals surface area contributed by atoms with Gasteiger partial charge < -0.3 is 20.9 Å². The van der Waals surface area contributed by atoms with Gasteiger partial charge in [0.15, 0.2) is 5.82 Å². The number of benzene rings is 1. The molecule has 0 aliphatic carbocycles. The van der Waals surface area contributed by atoms with Gasteiger partial charge in [-0.25, -0.2) is 0 Å². The van der Waals surface area contributed by atoms with Gasteiger partial charge in [0, 0.05) is 17.3 Å². The minimum absolute atomic E-state index is 0.0888. The number of hydrogen-bond donors (Lipinski definition) is 3. The van der Waals surface area contributed by atoms with Gasteiger partial charge in [0.2, 0.25) is 17.7 Å². The second-order valence-electron chi connectivity index (χ2n) is 5.25. The van der Waals surface area contributed by atoms with Crippen molar-refractivity contribution in [2.45, 2.75) is 13.8 Å². The van der Waals surface area contributed by atoms with Crippen molar-refractivity contribution in [1.82, 2.24) is 5.16 Å². The van der Waals surface area contributed by atoms with Crippen LogP contribution in [0.4, 0.5) is 11.5 Å². The molecule has 8 nitrogen and oxygen atoms in total. The summed E-state index contributed by atoms with van der Waals surface area (Å²) in [6.07, 6.45) is 0. The molecule has 132 valence electrons. The van der Waals surface area contributed by atoms with Gasteiger partial charge in [-0.2, -0.15) is 0 Å². The van der Waals surface area contributed by atoms with Crippen LogP contribution in [0.5, 0.6) is 0 Å². The Hall–Kier alpha value is -2.81. The SMILES string of the molecule is Cc1cc(NC(=O)CSCC(=O)Nc2cccc(C(N)=O)c2C)no1. The number of thioether (sulfide) groups is 1. The third-order valence-electron chi connectivity index (χ3n) is 3.24. The topological polar surface area (TPSA) is 127 Å². The van der Waals surface area contributed by atoms with Crippen LogP contribution in [0.3, 0.4) is 0 Å². The summed E-state index contributed by atoms with van der Waals surface area (Å²) in [5.74, 6) is 0.00776. The minimum Gasteiger partial charge on any atom is -0.366 e. The Labute approximate surface area is 148 Å². The summed E-state index contributed by atoms with van der Waals surface area (Å²) in [4.78, 5) is 35.0. The zero-order valence-corrected chi connectivity index (χ0v) is 14.6. The third kappa shape index (κ3) is 5.35. The van der Waals surface area contributed by atoms with Crippen molar-refractivity contribution in [3.8, 4) is 0 Å². The molecule has 9 heteroatoms. The molecule has 0 unspecified atom stereocenters. The van der Waals surface area contributed by atoms with Crippen LogP contribution in [0.25, 0.3) is 0 Å². The molecule has 1 heterocycles. The standard InChI is InChI=1S/C16H18N4O4S/c1-9-6-13(20-24-9)19-15(22)8-25-7-14(21)18-12-5-3-4-11(10(12)2)16(17)23/h3-6H,7-8H2,1-2H3,(H2,17,23)(H,18,21)(H,19,20,22). The summed E-state index contributed by atoms with van der Waals surface area (Å²) < 4.78 is 4.84. The highest BCUT2D eigenvalue weighted by Gasteiger charge is 2.12. The smallest absolute Gasteiger partial charge is 0.249 e. The van der Waals surface area contributed by atoms with Crippen molar-refractivity contribution in [3.63, 3.8) is 0 Å². The molecule has 4 N–H and O–H groups in total. The number of nitrogens with two attached hydrogens (primary N) is 1. The molecule has 0 spiro atoms. The summed E-state index contributed by atoms with van der Waals surface area (Å²) >= 11 is 1.16. The van der Waals surface area contributed by atoms with E-state index in [2.05, 4.69) is 15.8 Å². The summed E-state index contributed by atoms with van der Waals surface area (Å²) in [5, 5.41) is 8.93. The average Bonchev–Trinajstić information content (AvgIpc) is 2.94. The minimum atomic E-state index is -0.553. The first-order valence-electron chi connectivity index (χ1n) is 7.37. The molecule has 1 aromatic heterocycles. The molecule has 25 heavy (non-hydrogen) atoms. The van der Waals surface area contributed by atoms with E-state index in [4.69, 9.17) is 10.3 Å². The van der Waals surface area contributed by atoms with Gasteiger partial charge in [-0.15, -0.1) is 11.8 Å². The number of amides is 3. The molecule has 0 saturated heterocycles. The van der Waals surface area contributed by atoms with Crippen LogP contribution in [-0.4, -0.2) is 34.4 Å². The van der Waals surface area contributed by atoms with Crippen LogP contribution in [0.15, 0.2) is 28.8 Å². The van der Waals surface area contributed by atoms with Crippen molar-refractivity contribution >= 4 is 41.0 Å². The molecule has 0 atom stereocenters. The van der Waals surface area contributed by atoms with Crippen molar-refractivity contribution in [2.24, 2.45) is 5.73 Å². The quantitative estimate of drug-likeness (QED) is 0.688. The molecule has 3 amide bonds. The molecule has 1 aromatic carbocycles. The van der Waals surface area contributed by atoms with E-state index >= 15 is 0 Å². The lowest BCUT2D eigenvalue weighted by Crippen LogP contribution is -2.20. The lowest BCUT2D eigenvalue weighted by molar-refractivity contribution is -0.114. The number of primary amides is 1. The van der Waals surface area contributed by atoms with E-state index in [1.165, 1.54) is 0 Å². The number of aryl methyl sites for hydroxylation is 1. The highest BCUT2D eigenvalue weighted by molar-refractivity contribution is 8.00. The van der Waals surface area contributed by atoms with Crippen LogP contribution in [0, 0.1) is 13.8 Å². The molecule has 0 aliphatic rings. The van der Waals surface area contributed by atoms with Gasteiger partial charge in [0.25, 0.3) is 0 Å². The zero-order valence-electron chi connectivity index (χ0n) is 13.8. The van der Waals surface area contributed by atoms with Gasteiger partial charge in [0.1, 0.15) is 5.76 Å². The van der Waals surface area contributed by atoms with Crippen LogP contribution >= 0.6 is 11.8 Å².